The molecule has 0 radical (unpaired) electrons. The molecule has 1 fully saturated rings. The number of primary amides is 1. The Hall–Kier alpha value is -2.67. The molecule has 2 aromatic carbocycles. The summed E-state index contributed by atoms with van der Waals surface area (Å²) in [6, 6.07) is 14.0. The van der Waals surface area contributed by atoms with Crippen molar-refractivity contribution in [3.05, 3.63) is 54.1 Å². The molecule has 0 bridgehead atoms. The molecule has 3 rings (SSSR count). The first-order valence-corrected chi connectivity index (χ1v) is 9.76. The Kier molecular flexibility index (Phi) is 6.24. The zero-order chi connectivity index (χ0) is 19.2. The molecule has 0 aromatic heterocycles. The molecule has 27 heavy (non-hydrogen) atoms. The van der Waals surface area contributed by atoms with Crippen LogP contribution in [-0.4, -0.2) is 46.8 Å². The van der Waals surface area contributed by atoms with Gasteiger partial charge in [-0.1, -0.05) is 18.2 Å². The number of hydrogen-bond donors (Lipinski definition) is 2. The highest BCUT2D eigenvalue weighted by Crippen LogP contribution is 2.26. The van der Waals surface area contributed by atoms with Gasteiger partial charge in [-0.2, -0.15) is 0 Å². The van der Waals surface area contributed by atoms with Crippen LogP contribution in [0.4, 0.5) is 0 Å². The maximum Gasteiger partial charge on any atom is 0.254 e. The van der Waals surface area contributed by atoms with E-state index in [2.05, 4.69) is 0 Å². The molecule has 0 saturated carbocycles. The largest absolute Gasteiger partial charge is 0.508 e. The highest BCUT2D eigenvalue weighted by Gasteiger charge is 2.26. The number of likely N-dealkylation sites (tertiary alicyclic amines) is 1. The summed E-state index contributed by atoms with van der Waals surface area (Å²) in [7, 11) is 0. The Morgan fingerprint density at radius 1 is 1.15 bits per heavy atom. The van der Waals surface area contributed by atoms with Crippen molar-refractivity contribution < 1.29 is 19.4 Å². The summed E-state index contributed by atoms with van der Waals surface area (Å²) in [5.41, 5.74) is 5.81. The summed E-state index contributed by atoms with van der Waals surface area (Å²) in [4.78, 5) is 26.5. The molecule has 1 aliphatic heterocycles. The van der Waals surface area contributed by atoms with E-state index in [1.807, 2.05) is 29.2 Å². The fourth-order valence-corrected chi connectivity index (χ4v) is 3.80. The van der Waals surface area contributed by atoms with E-state index >= 15 is 0 Å². The lowest BCUT2D eigenvalue weighted by Gasteiger charge is -2.32. The number of benzene rings is 2. The SMILES string of the molecule is NC(=O)CSc1ccccc1C(=O)N1CCC(Oc2cccc(O)c2)CC1. The van der Waals surface area contributed by atoms with E-state index in [4.69, 9.17) is 10.5 Å². The van der Waals surface area contributed by atoms with Crippen LogP contribution in [0.2, 0.25) is 0 Å². The number of rotatable bonds is 6. The average Bonchev–Trinajstić information content (AvgIpc) is 2.67. The van der Waals surface area contributed by atoms with Gasteiger partial charge in [-0.15, -0.1) is 11.8 Å². The Labute approximate surface area is 162 Å². The van der Waals surface area contributed by atoms with Crippen molar-refractivity contribution in [3.63, 3.8) is 0 Å². The molecule has 2 aromatic rings. The van der Waals surface area contributed by atoms with Gasteiger partial charge in [0.2, 0.25) is 5.91 Å². The van der Waals surface area contributed by atoms with Crippen molar-refractivity contribution in [2.45, 2.75) is 23.8 Å². The molecule has 0 atom stereocenters. The molecule has 6 nitrogen and oxygen atoms in total. The molecule has 0 aliphatic carbocycles. The third-order valence-corrected chi connectivity index (χ3v) is 5.43. The smallest absolute Gasteiger partial charge is 0.254 e. The first kappa shape index (κ1) is 19.1. The monoisotopic (exact) mass is 386 g/mol. The first-order valence-electron chi connectivity index (χ1n) is 8.78. The van der Waals surface area contributed by atoms with Crippen molar-refractivity contribution >= 4 is 23.6 Å². The molecular formula is C20H22N2O4S. The van der Waals surface area contributed by atoms with Gasteiger partial charge < -0.3 is 20.5 Å². The highest BCUT2D eigenvalue weighted by molar-refractivity contribution is 8.00. The van der Waals surface area contributed by atoms with Crippen LogP contribution < -0.4 is 10.5 Å². The Balaban J connectivity index is 1.59. The number of aromatic hydroxyl groups is 1. The Bertz CT molecular complexity index is 819. The number of nitrogens with two attached hydrogens (primary N) is 1. The van der Waals surface area contributed by atoms with E-state index in [1.165, 1.54) is 11.8 Å². The molecule has 2 amide bonds. The second-order valence-electron chi connectivity index (χ2n) is 6.36. The normalized spacial score (nSPS) is 14.7. The fourth-order valence-electron chi connectivity index (χ4n) is 3.01. The number of nitrogens with zero attached hydrogens (tertiary/aromatic N) is 1. The van der Waals surface area contributed by atoms with Gasteiger partial charge in [0.05, 0.1) is 11.3 Å². The lowest BCUT2D eigenvalue weighted by Crippen LogP contribution is -2.42. The second-order valence-corrected chi connectivity index (χ2v) is 7.38. The molecule has 7 heteroatoms. The third-order valence-electron chi connectivity index (χ3n) is 4.34. The van der Waals surface area contributed by atoms with Crippen LogP contribution in [0.15, 0.2) is 53.4 Å². The van der Waals surface area contributed by atoms with Crippen LogP contribution in [0.3, 0.4) is 0 Å². The average molecular weight is 386 g/mol. The van der Waals surface area contributed by atoms with Gasteiger partial charge in [-0.3, -0.25) is 9.59 Å². The van der Waals surface area contributed by atoms with Crippen LogP contribution in [0.5, 0.6) is 11.5 Å². The number of ether oxygens (including phenoxy) is 1. The fraction of sp³-hybridized carbons (Fsp3) is 0.300. The summed E-state index contributed by atoms with van der Waals surface area (Å²) in [5, 5.41) is 9.52. The number of thioether (sulfide) groups is 1. The van der Waals surface area contributed by atoms with Crippen molar-refractivity contribution in [2.24, 2.45) is 5.73 Å². The molecule has 0 unspecified atom stereocenters. The van der Waals surface area contributed by atoms with E-state index in [-0.39, 0.29) is 23.5 Å². The summed E-state index contributed by atoms with van der Waals surface area (Å²) >= 11 is 1.28. The van der Waals surface area contributed by atoms with Gasteiger partial charge in [0.15, 0.2) is 0 Å². The van der Waals surface area contributed by atoms with E-state index in [0.29, 0.717) is 24.4 Å². The summed E-state index contributed by atoms with van der Waals surface area (Å²) in [6.45, 7) is 1.19. The Morgan fingerprint density at radius 3 is 2.59 bits per heavy atom. The zero-order valence-corrected chi connectivity index (χ0v) is 15.7. The van der Waals surface area contributed by atoms with Crippen molar-refractivity contribution in [3.8, 4) is 11.5 Å². The minimum absolute atomic E-state index is 0.00957. The molecule has 3 N–H and O–H groups in total. The molecule has 1 heterocycles. The number of phenolic OH excluding ortho intramolecular Hbond substituents is 1. The molecular weight excluding hydrogens is 364 g/mol. The minimum Gasteiger partial charge on any atom is -0.508 e. The van der Waals surface area contributed by atoms with Crippen LogP contribution in [0, 0.1) is 0 Å². The van der Waals surface area contributed by atoms with Gasteiger partial charge in [0.25, 0.3) is 5.91 Å². The number of amides is 2. The van der Waals surface area contributed by atoms with Crippen LogP contribution in [0.1, 0.15) is 23.2 Å². The number of hydrogen-bond acceptors (Lipinski definition) is 5. The number of carbonyl (C=O) groups excluding carboxylic acids is 2. The van der Waals surface area contributed by atoms with Crippen LogP contribution >= 0.6 is 11.8 Å². The van der Waals surface area contributed by atoms with Crippen LogP contribution in [0.25, 0.3) is 0 Å². The quantitative estimate of drug-likeness (QED) is 0.745. The number of piperidine rings is 1. The third kappa shape index (κ3) is 5.17. The van der Waals surface area contributed by atoms with Crippen LogP contribution in [-0.2, 0) is 4.79 Å². The minimum atomic E-state index is -0.410. The van der Waals surface area contributed by atoms with Crippen molar-refractivity contribution in [1.29, 1.82) is 0 Å². The van der Waals surface area contributed by atoms with Gasteiger partial charge in [-0.05, 0) is 24.3 Å². The summed E-state index contributed by atoms with van der Waals surface area (Å²) in [6.07, 6.45) is 1.45. The predicted molar refractivity (Wildman–Crippen MR) is 104 cm³/mol. The lowest BCUT2D eigenvalue weighted by molar-refractivity contribution is -0.115. The summed E-state index contributed by atoms with van der Waals surface area (Å²) < 4.78 is 5.91. The van der Waals surface area contributed by atoms with Crippen molar-refractivity contribution in [2.75, 3.05) is 18.8 Å². The highest BCUT2D eigenvalue weighted by atomic mass is 32.2. The van der Waals surface area contributed by atoms with E-state index < -0.39 is 5.91 Å². The van der Waals surface area contributed by atoms with Gasteiger partial charge in [0, 0.05) is 36.9 Å². The second kappa shape index (κ2) is 8.81. The Morgan fingerprint density at radius 2 is 1.89 bits per heavy atom. The van der Waals surface area contributed by atoms with Crippen molar-refractivity contribution in [1.82, 2.24) is 4.90 Å². The maximum absolute atomic E-state index is 12.9. The molecule has 1 saturated heterocycles. The number of phenols is 1. The molecule has 0 spiro atoms. The predicted octanol–water partition coefficient (Wildman–Crippen LogP) is 2.65. The number of carbonyl (C=O) groups is 2. The summed E-state index contributed by atoms with van der Waals surface area (Å²) in [5.74, 6) is 0.494. The van der Waals surface area contributed by atoms with Gasteiger partial charge in [-0.25, -0.2) is 0 Å². The molecule has 142 valence electrons. The molecule has 1 aliphatic rings. The van der Waals surface area contributed by atoms with Gasteiger partial charge >= 0.3 is 0 Å². The van der Waals surface area contributed by atoms with Gasteiger partial charge in [0.1, 0.15) is 17.6 Å². The van der Waals surface area contributed by atoms with E-state index in [9.17, 15) is 14.7 Å². The maximum atomic E-state index is 12.9. The standard InChI is InChI=1S/C20H22N2O4S/c21-19(24)13-27-18-7-2-1-6-17(18)20(25)22-10-8-15(9-11-22)26-16-5-3-4-14(23)12-16/h1-7,12,15,23H,8-11,13H2,(H2,21,24). The lowest BCUT2D eigenvalue weighted by atomic mass is 10.1. The first-order chi connectivity index (χ1) is 13.0. The zero-order valence-electron chi connectivity index (χ0n) is 14.8. The topological polar surface area (TPSA) is 92.9 Å². The van der Waals surface area contributed by atoms with E-state index in [1.54, 1.807) is 24.3 Å². The van der Waals surface area contributed by atoms with E-state index in [0.717, 1.165) is 17.7 Å².